The van der Waals surface area contributed by atoms with E-state index in [-0.39, 0.29) is 46.6 Å². The largest absolute Gasteiger partial charge is 1.00 e. The van der Waals surface area contributed by atoms with E-state index in [4.69, 9.17) is 0 Å². The number of carbonyl (C=O) groups excluding carboxylic acids is 1. The topological polar surface area (TPSA) is 78.9 Å². The van der Waals surface area contributed by atoms with Crippen molar-refractivity contribution in [2.45, 2.75) is 11.5 Å². The maximum atomic E-state index is 11.3. The molecule has 6 nitrogen and oxygen atoms in total. The minimum atomic E-state index is -2.43. The fourth-order valence-corrected chi connectivity index (χ4v) is 1.67. The summed E-state index contributed by atoms with van der Waals surface area (Å²) >= 11 is 0. The van der Waals surface area contributed by atoms with Crippen LogP contribution in [0.3, 0.4) is 0 Å². The molecule has 0 radical (unpaired) electrons. The molecule has 0 spiro atoms. The Labute approximate surface area is 128 Å². The first-order valence-corrected chi connectivity index (χ1v) is 5.63. The zero-order chi connectivity index (χ0) is 12.8. The molecule has 0 amide bonds. The summed E-state index contributed by atoms with van der Waals surface area (Å²) < 4.78 is 26.3. The Balaban J connectivity index is 0.00000289. The molecule has 0 bridgehead atoms. The summed E-state index contributed by atoms with van der Waals surface area (Å²) in [5.74, 6) is -0.615. The quantitative estimate of drug-likeness (QED) is 0.209. The van der Waals surface area contributed by atoms with Gasteiger partial charge in [-0.2, -0.15) is 0 Å². The van der Waals surface area contributed by atoms with E-state index in [0.29, 0.717) is 5.56 Å². The second-order valence-electron chi connectivity index (χ2n) is 3.02. The Morgan fingerprint density at radius 1 is 1.22 bits per heavy atom. The van der Waals surface area contributed by atoms with Crippen molar-refractivity contribution in [3.05, 3.63) is 29.3 Å². The first-order chi connectivity index (χ1) is 8.08. The molecule has 18 heavy (non-hydrogen) atoms. The normalized spacial score (nSPS) is 9.94. The summed E-state index contributed by atoms with van der Waals surface area (Å²) in [7, 11) is 0.119. The van der Waals surface area contributed by atoms with Gasteiger partial charge in [-0.15, -0.1) is 0 Å². The van der Waals surface area contributed by atoms with Crippen molar-refractivity contribution in [3.8, 4) is 0 Å². The van der Waals surface area contributed by atoms with Crippen molar-refractivity contribution in [2.24, 2.45) is 0 Å². The molecule has 0 aliphatic rings. The average Bonchev–Trinajstić information content (AvgIpc) is 2.34. The van der Waals surface area contributed by atoms with Gasteiger partial charge in [-0.05, 0) is 22.3 Å². The van der Waals surface area contributed by atoms with Crippen LogP contribution in [0, 0.1) is 0 Å². The Morgan fingerprint density at radius 3 is 2.39 bits per heavy atom. The molecule has 0 saturated carbocycles. The van der Waals surface area contributed by atoms with E-state index in [1.54, 1.807) is 0 Å². The van der Waals surface area contributed by atoms with Crippen molar-refractivity contribution >= 4 is 16.7 Å². The van der Waals surface area contributed by atoms with Crippen molar-refractivity contribution in [3.63, 3.8) is 0 Å². The number of carbonyl (C=O) groups is 1. The minimum absolute atomic E-state index is 0. The zero-order valence-corrected chi connectivity index (χ0v) is 13.1. The van der Waals surface area contributed by atoms with Gasteiger partial charge in [0.25, 0.3) is 0 Å². The molecule has 0 atom stereocenters. The average molecular weight is 282 g/mol. The molecule has 94 valence electrons. The molecule has 0 N–H and O–H groups in total. The maximum absolute atomic E-state index is 11.3. The molecular weight excluding hydrogens is 271 g/mol. The van der Waals surface area contributed by atoms with Crippen LogP contribution < -0.4 is 29.6 Å². The molecule has 0 aliphatic heterocycles. The van der Waals surface area contributed by atoms with Gasteiger partial charge in [0.15, 0.2) is 0 Å². The van der Waals surface area contributed by atoms with Crippen LogP contribution in [-0.4, -0.2) is 20.2 Å². The number of hydrogen-bond donors (Lipinski definition) is 0. The second-order valence-corrected chi connectivity index (χ2v) is 3.96. The molecule has 0 aliphatic carbocycles. The van der Waals surface area contributed by atoms with Crippen LogP contribution in [0.4, 0.5) is 0 Å². The number of methoxy groups -OCH3 is 1. The summed E-state index contributed by atoms with van der Waals surface area (Å²) in [6, 6.07) is 4.08. The van der Waals surface area contributed by atoms with Crippen LogP contribution in [0.1, 0.15) is 15.9 Å². The fourth-order valence-electron chi connectivity index (χ4n) is 1.20. The summed E-state index contributed by atoms with van der Waals surface area (Å²) in [6.45, 7) is 0.0333. The van der Waals surface area contributed by atoms with Gasteiger partial charge in [0, 0.05) is 0 Å². The van der Waals surface area contributed by atoms with Gasteiger partial charge in [0.1, 0.15) is 6.61 Å². The van der Waals surface area contributed by atoms with Crippen molar-refractivity contribution in [1.82, 2.24) is 0 Å². The molecule has 0 unspecified atom stereocenters. The summed E-state index contributed by atoms with van der Waals surface area (Å²) in [5.41, 5.74) is 0.637. The minimum Gasteiger partial charge on any atom is -0.465 e. The molecule has 0 heterocycles. The zero-order valence-electron chi connectivity index (χ0n) is 10.3. The van der Waals surface area contributed by atoms with Crippen LogP contribution in [-0.2, 0) is 40.2 Å². The van der Waals surface area contributed by atoms with Gasteiger partial charge in [-0.3, -0.25) is 0 Å². The molecular formula is C10H11NaO6S. The molecule has 0 saturated heterocycles. The van der Waals surface area contributed by atoms with E-state index < -0.39 is 16.7 Å². The monoisotopic (exact) mass is 282 g/mol. The number of rotatable bonds is 5. The molecule has 1 rings (SSSR count). The first-order valence-electron chi connectivity index (χ1n) is 4.55. The van der Waals surface area contributed by atoms with Crippen molar-refractivity contribution in [2.75, 3.05) is 14.2 Å². The Kier molecular flexibility index (Phi) is 8.41. The van der Waals surface area contributed by atoms with Gasteiger partial charge < -0.3 is 13.2 Å². The first kappa shape index (κ1) is 17.6. The SMILES string of the molecule is COOCc1cc(C(=O)OC)cc([S-](=O)=O)c1.[Na+]. The number of esters is 1. The predicted molar refractivity (Wildman–Crippen MR) is 56.6 cm³/mol. The van der Waals surface area contributed by atoms with E-state index in [1.165, 1.54) is 32.4 Å². The standard InChI is InChI=1S/C10H11O6S.Na/c1-14-10(11)8-3-7(6-16-15-2)4-9(5-8)17(12)13;/h3-5H,6H2,1-2H3;/q-1;+1. The van der Waals surface area contributed by atoms with Gasteiger partial charge in [0.05, 0.1) is 19.8 Å². The van der Waals surface area contributed by atoms with Crippen molar-refractivity contribution < 1.29 is 57.3 Å². The van der Waals surface area contributed by atoms with Gasteiger partial charge >= 0.3 is 35.5 Å². The maximum Gasteiger partial charge on any atom is 1.00 e. The van der Waals surface area contributed by atoms with Crippen LogP contribution in [0.2, 0.25) is 0 Å². The van der Waals surface area contributed by atoms with Crippen LogP contribution in [0.15, 0.2) is 23.1 Å². The Bertz CT molecular complexity index is 477. The number of benzene rings is 1. The molecule has 0 aromatic heterocycles. The Morgan fingerprint density at radius 2 is 1.89 bits per heavy atom. The number of hydrogen-bond acceptors (Lipinski definition) is 7. The van der Waals surface area contributed by atoms with Gasteiger partial charge in [-0.25, -0.2) is 14.6 Å². The predicted octanol–water partition coefficient (Wildman–Crippen LogP) is -1.78. The molecule has 8 heteroatoms. The summed E-state index contributed by atoms with van der Waals surface area (Å²) in [5, 5.41) is 0. The Hall–Kier alpha value is -0.440. The molecule has 0 fully saturated rings. The van der Waals surface area contributed by atoms with Crippen LogP contribution in [0.25, 0.3) is 0 Å². The fraction of sp³-hybridized carbons (Fsp3) is 0.300. The molecule has 1 aromatic rings. The van der Waals surface area contributed by atoms with E-state index in [1.807, 2.05) is 0 Å². The third kappa shape index (κ3) is 5.05. The van der Waals surface area contributed by atoms with Gasteiger partial charge in [-0.1, -0.05) is 17.0 Å². The summed E-state index contributed by atoms with van der Waals surface area (Å²) in [4.78, 5) is 20.4. The summed E-state index contributed by atoms with van der Waals surface area (Å²) in [6.07, 6.45) is 0. The van der Waals surface area contributed by atoms with Crippen LogP contribution in [0.5, 0.6) is 0 Å². The van der Waals surface area contributed by atoms with E-state index in [0.717, 1.165) is 0 Å². The third-order valence-electron chi connectivity index (χ3n) is 1.92. The third-order valence-corrected chi connectivity index (χ3v) is 2.54. The number of ether oxygens (including phenoxy) is 1. The molecule has 1 aromatic carbocycles. The van der Waals surface area contributed by atoms with Crippen molar-refractivity contribution in [1.29, 1.82) is 0 Å². The van der Waals surface area contributed by atoms with Gasteiger partial charge in [0.2, 0.25) is 0 Å². The smallest absolute Gasteiger partial charge is 0.465 e. The second kappa shape index (κ2) is 8.63. The van der Waals surface area contributed by atoms with E-state index in [2.05, 4.69) is 14.5 Å². The van der Waals surface area contributed by atoms with E-state index >= 15 is 0 Å². The van der Waals surface area contributed by atoms with Crippen LogP contribution >= 0.6 is 0 Å². The van der Waals surface area contributed by atoms with E-state index in [9.17, 15) is 13.2 Å².